The molecule has 0 amide bonds. The minimum Gasteiger partial charge on any atom is -0.385 e. The van der Waals surface area contributed by atoms with Gasteiger partial charge in [-0.25, -0.2) is 0 Å². The van der Waals surface area contributed by atoms with Gasteiger partial charge in [0.2, 0.25) is 5.78 Å². The van der Waals surface area contributed by atoms with Crippen LogP contribution in [0.1, 0.15) is 32.0 Å². The molecule has 31 heavy (non-hydrogen) atoms. The Labute approximate surface area is 197 Å². The molecule has 0 saturated carbocycles. The Balaban J connectivity index is 1.98. The number of aromatic amines is 1. The van der Waals surface area contributed by atoms with Gasteiger partial charge in [-0.05, 0) is 24.3 Å². The van der Waals surface area contributed by atoms with Crippen LogP contribution in [0.15, 0.2) is 77.3 Å². The molecule has 4 nitrogen and oxygen atoms in total. The van der Waals surface area contributed by atoms with E-state index in [4.69, 9.17) is 28.9 Å². The number of nitrogens with one attached hydrogen (secondary N) is 1. The lowest BCUT2D eigenvalue weighted by atomic mass is 9.93. The van der Waals surface area contributed by atoms with Crippen molar-refractivity contribution in [3.63, 3.8) is 0 Å². The Hall–Kier alpha value is -2.86. The van der Waals surface area contributed by atoms with Gasteiger partial charge in [0.05, 0.1) is 11.3 Å². The summed E-state index contributed by atoms with van der Waals surface area (Å²) in [6.45, 7) is 0. The normalized spacial score (nSPS) is 10.8. The molecular weight excluding hydrogens is 499 g/mol. The van der Waals surface area contributed by atoms with Crippen LogP contribution in [-0.4, -0.2) is 16.6 Å². The molecule has 0 atom stereocenters. The average molecular weight is 514 g/mol. The monoisotopic (exact) mass is 512 g/mol. The zero-order valence-electron chi connectivity index (χ0n) is 16.0. The molecule has 0 bridgehead atoms. The van der Waals surface area contributed by atoms with E-state index in [1.807, 2.05) is 12.1 Å². The van der Waals surface area contributed by atoms with Gasteiger partial charge in [0.1, 0.15) is 5.82 Å². The van der Waals surface area contributed by atoms with Gasteiger partial charge in [-0.3, -0.25) is 9.59 Å². The minimum absolute atomic E-state index is 0.0882. The Kier molecular flexibility index (Phi) is 6.01. The number of benzene rings is 3. The number of H-pyrrole nitrogens is 1. The summed E-state index contributed by atoms with van der Waals surface area (Å²) in [5, 5.41) is 0.741. The van der Waals surface area contributed by atoms with Crippen LogP contribution in [0, 0.1) is 0 Å². The number of anilines is 1. The molecule has 3 aromatic carbocycles. The Morgan fingerprint density at radius 3 is 2.23 bits per heavy atom. The third-order valence-electron chi connectivity index (χ3n) is 4.81. The van der Waals surface area contributed by atoms with Gasteiger partial charge in [-0.15, -0.1) is 0 Å². The van der Waals surface area contributed by atoms with E-state index in [1.54, 1.807) is 60.7 Å². The smallest absolute Gasteiger partial charge is 0.209 e. The maximum atomic E-state index is 13.5. The first-order valence-corrected chi connectivity index (χ1v) is 10.8. The number of carbonyl (C=O) groups excluding carboxylic acids is 2. The molecule has 7 heteroatoms. The van der Waals surface area contributed by atoms with Gasteiger partial charge in [-0.1, -0.05) is 87.7 Å². The molecule has 0 saturated heterocycles. The lowest BCUT2D eigenvalue weighted by Gasteiger charge is -2.10. The molecule has 0 radical (unpaired) electrons. The first kappa shape index (κ1) is 21.4. The SMILES string of the molecule is Nc1[nH]c(C(=O)c2ccccc2)c(-c2ccc(Cl)cc2Cl)c1C(=O)c1cccc(Br)c1. The van der Waals surface area contributed by atoms with E-state index >= 15 is 0 Å². The van der Waals surface area contributed by atoms with Crippen LogP contribution < -0.4 is 5.73 Å². The van der Waals surface area contributed by atoms with Crippen LogP contribution in [0.3, 0.4) is 0 Å². The fourth-order valence-corrected chi connectivity index (χ4v) is 4.30. The van der Waals surface area contributed by atoms with E-state index in [2.05, 4.69) is 20.9 Å². The maximum absolute atomic E-state index is 13.5. The van der Waals surface area contributed by atoms with Crippen LogP contribution in [0.25, 0.3) is 11.1 Å². The largest absolute Gasteiger partial charge is 0.385 e. The van der Waals surface area contributed by atoms with Gasteiger partial charge in [0, 0.05) is 36.8 Å². The van der Waals surface area contributed by atoms with Crippen molar-refractivity contribution >= 4 is 56.5 Å². The molecule has 154 valence electrons. The molecule has 0 aliphatic heterocycles. The van der Waals surface area contributed by atoms with E-state index < -0.39 is 0 Å². The average Bonchev–Trinajstić information content (AvgIpc) is 3.10. The number of nitrogens with two attached hydrogens (primary N) is 1. The van der Waals surface area contributed by atoms with Gasteiger partial charge < -0.3 is 10.7 Å². The third-order valence-corrected chi connectivity index (χ3v) is 5.85. The highest BCUT2D eigenvalue weighted by Gasteiger charge is 2.29. The first-order chi connectivity index (χ1) is 14.9. The lowest BCUT2D eigenvalue weighted by molar-refractivity contribution is 0.103. The molecule has 0 aliphatic carbocycles. The number of ketones is 2. The van der Waals surface area contributed by atoms with Gasteiger partial charge in [0.25, 0.3) is 0 Å². The zero-order valence-corrected chi connectivity index (χ0v) is 19.1. The number of carbonyl (C=O) groups is 2. The van der Waals surface area contributed by atoms with E-state index in [-0.39, 0.29) is 28.6 Å². The molecule has 0 aliphatic rings. The Morgan fingerprint density at radius 2 is 1.55 bits per heavy atom. The number of hydrogen-bond acceptors (Lipinski definition) is 3. The van der Waals surface area contributed by atoms with Crippen molar-refractivity contribution in [3.05, 3.63) is 110 Å². The quantitative estimate of drug-likeness (QED) is 0.288. The molecule has 0 unspecified atom stereocenters. The summed E-state index contributed by atoms with van der Waals surface area (Å²) < 4.78 is 0.749. The number of halogens is 3. The minimum atomic E-state index is -0.330. The van der Waals surface area contributed by atoms with Crippen molar-refractivity contribution < 1.29 is 9.59 Å². The van der Waals surface area contributed by atoms with E-state index in [9.17, 15) is 9.59 Å². The summed E-state index contributed by atoms with van der Waals surface area (Å²) >= 11 is 15.9. The lowest BCUT2D eigenvalue weighted by Crippen LogP contribution is -2.07. The predicted molar refractivity (Wildman–Crippen MR) is 128 cm³/mol. The summed E-state index contributed by atoms with van der Waals surface area (Å²) in [5.41, 5.74) is 8.32. The molecule has 0 fully saturated rings. The van der Waals surface area contributed by atoms with Crippen LogP contribution in [0.5, 0.6) is 0 Å². The Morgan fingerprint density at radius 1 is 0.839 bits per heavy atom. The van der Waals surface area contributed by atoms with Gasteiger partial charge >= 0.3 is 0 Å². The molecule has 4 aromatic rings. The highest BCUT2D eigenvalue weighted by molar-refractivity contribution is 9.10. The van der Waals surface area contributed by atoms with Crippen molar-refractivity contribution in [2.45, 2.75) is 0 Å². The Bertz CT molecular complexity index is 1320. The second-order valence-corrected chi connectivity index (χ2v) is 8.58. The standard InChI is InChI=1S/C24H15BrCl2N2O2/c25-15-8-4-7-14(11-15)22(30)20-19(17-10-9-16(26)12-18(17)27)21(29-24(20)28)23(31)13-5-2-1-3-6-13/h1-12,29H,28H2. The molecule has 3 N–H and O–H groups in total. The van der Waals surface area contributed by atoms with Crippen LogP contribution >= 0.6 is 39.1 Å². The summed E-state index contributed by atoms with van der Waals surface area (Å²) in [6.07, 6.45) is 0. The van der Waals surface area contributed by atoms with Crippen molar-refractivity contribution in [2.24, 2.45) is 0 Å². The zero-order chi connectivity index (χ0) is 22.1. The molecule has 1 aromatic heterocycles. The number of hydrogen-bond donors (Lipinski definition) is 2. The maximum Gasteiger partial charge on any atom is 0.209 e. The molecule has 4 rings (SSSR count). The fraction of sp³-hybridized carbons (Fsp3) is 0. The summed E-state index contributed by atoms with van der Waals surface area (Å²) in [7, 11) is 0. The van der Waals surface area contributed by atoms with Gasteiger partial charge in [0.15, 0.2) is 5.78 Å². The van der Waals surface area contributed by atoms with E-state index in [0.29, 0.717) is 32.3 Å². The third kappa shape index (κ3) is 4.17. The van der Waals surface area contributed by atoms with Crippen LogP contribution in [0.4, 0.5) is 5.82 Å². The van der Waals surface area contributed by atoms with Crippen LogP contribution in [0.2, 0.25) is 10.0 Å². The van der Waals surface area contributed by atoms with Crippen LogP contribution in [-0.2, 0) is 0 Å². The highest BCUT2D eigenvalue weighted by Crippen LogP contribution is 2.39. The fourth-order valence-electron chi connectivity index (χ4n) is 3.39. The van der Waals surface area contributed by atoms with Gasteiger partial charge in [-0.2, -0.15) is 0 Å². The van der Waals surface area contributed by atoms with E-state index in [1.165, 1.54) is 0 Å². The van der Waals surface area contributed by atoms with Crippen molar-refractivity contribution in [1.29, 1.82) is 0 Å². The first-order valence-electron chi connectivity index (χ1n) is 9.23. The highest BCUT2D eigenvalue weighted by atomic mass is 79.9. The van der Waals surface area contributed by atoms with Crippen molar-refractivity contribution in [3.8, 4) is 11.1 Å². The molecule has 1 heterocycles. The second-order valence-electron chi connectivity index (χ2n) is 6.82. The second kappa shape index (κ2) is 8.71. The number of aromatic nitrogens is 1. The number of rotatable bonds is 5. The summed E-state index contributed by atoms with van der Waals surface area (Å²) in [5.74, 6) is -0.546. The van der Waals surface area contributed by atoms with Crippen molar-refractivity contribution in [1.82, 2.24) is 4.98 Å². The van der Waals surface area contributed by atoms with E-state index in [0.717, 1.165) is 4.47 Å². The molecule has 0 spiro atoms. The summed E-state index contributed by atoms with van der Waals surface area (Å²) in [4.78, 5) is 29.7. The van der Waals surface area contributed by atoms with Crippen molar-refractivity contribution in [2.75, 3.05) is 5.73 Å². The summed E-state index contributed by atoms with van der Waals surface area (Å²) in [6, 6.07) is 20.6. The predicted octanol–water partition coefficient (Wildman–Crippen LogP) is 6.80. The number of nitrogen functional groups attached to an aromatic ring is 1. The topological polar surface area (TPSA) is 76.0 Å². The molecular formula is C24H15BrCl2N2O2.